The number of likely N-dealkylation sites (tertiary alicyclic amines) is 2. The summed E-state index contributed by atoms with van der Waals surface area (Å²) in [5, 5.41) is 0.641. The minimum atomic E-state index is -0.218. The molecule has 0 radical (unpaired) electrons. The third-order valence-corrected chi connectivity index (χ3v) is 5.58. The van der Waals surface area contributed by atoms with Gasteiger partial charge in [0.05, 0.1) is 12.5 Å². The van der Waals surface area contributed by atoms with Gasteiger partial charge >= 0.3 is 0 Å². The molecular formula is C18H24ClN3O2. The average Bonchev–Trinajstić information content (AvgIpc) is 3.07. The molecule has 2 N–H and O–H groups in total. The molecule has 130 valence electrons. The molecule has 0 aromatic heterocycles. The van der Waals surface area contributed by atoms with Gasteiger partial charge in [-0.15, -0.1) is 0 Å². The number of nitrogens with two attached hydrogens (primary N) is 1. The Kier molecular flexibility index (Phi) is 5.41. The Bertz CT molecular complexity index is 614. The van der Waals surface area contributed by atoms with E-state index in [0.29, 0.717) is 17.5 Å². The first kappa shape index (κ1) is 17.2. The van der Waals surface area contributed by atoms with Crippen molar-refractivity contribution in [2.45, 2.75) is 44.2 Å². The van der Waals surface area contributed by atoms with Crippen molar-refractivity contribution >= 4 is 23.4 Å². The average molecular weight is 350 g/mol. The molecule has 0 spiro atoms. The summed E-state index contributed by atoms with van der Waals surface area (Å²) in [5.41, 5.74) is 6.39. The molecule has 1 aromatic rings. The summed E-state index contributed by atoms with van der Waals surface area (Å²) in [6.45, 7) is 2.40. The molecule has 6 heteroatoms. The number of halogens is 1. The zero-order valence-corrected chi connectivity index (χ0v) is 14.5. The van der Waals surface area contributed by atoms with Gasteiger partial charge in [-0.3, -0.25) is 14.5 Å². The van der Waals surface area contributed by atoms with Crippen molar-refractivity contribution in [2.24, 2.45) is 5.73 Å². The van der Waals surface area contributed by atoms with Crippen molar-refractivity contribution in [1.82, 2.24) is 9.80 Å². The number of benzene rings is 1. The van der Waals surface area contributed by atoms with E-state index in [9.17, 15) is 9.59 Å². The van der Waals surface area contributed by atoms with E-state index in [2.05, 4.69) is 4.90 Å². The normalized spacial score (nSPS) is 22.7. The molecule has 1 unspecified atom stereocenters. The quantitative estimate of drug-likeness (QED) is 0.901. The Morgan fingerprint density at radius 1 is 1.12 bits per heavy atom. The second-order valence-corrected chi connectivity index (χ2v) is 7.09. The number of piperidine rings is 1. The van der Waals surface area contributed by atoms with Gasteiger partial charge in [0.2, 0.25) is 11.8 Å². The fourth-order valence-corrected chi connectivity index (χ4v) is 4.10. The number of hydrogen-bond donors (Lipinski definition) is 1. The summed E-state index contributed by atoms with van der Waals surface area (Å²) in [6.07, 6.45) is 4.04. The second kappa shape index (κ2) is 7.53. The lowest BCUT2D eigenvalue weighted by Crippen LogP contribution is -2.51. The summed E-state index contributed by atoms with van der Waals surface area (Å²) < 4.78 is 0. The highest BCUT2D eigenvalue weighted by Crippen LogP contribution is 2.26. The summed E-state index contributed by atoms with van der Waals surface area (Å²) >= 11 is 6.14. The number of hydrogen-bond acceptors (Lipinski definition) is 3. The first-order valence-corrected chi connectivity index (χ1v) is 9.00. The SMILES string of the molecule is NC(=O)C1CCCN1C1CCN(C(=O)Cc2ccccc2Cl)CC1. The molecule has 2 amide bonds. The van der Waals surface area contributed by atoms with Gasteiger partial charge in [-0.25, -0.2) is 0 Å². The molecule has 0 bridgehead atoms. The van der Waals surface area contributed by atoms with E-state index in [1.165, 1.54) is 0 Å². The molecule has 2 fully saturated rings. The highest BCUT2D eigenvalue weighted by atomic mass is 35.5. The largest absolute Gasteiger partial charge is 0.368 e. The smallest absolute Gasteiger partial charge is 0.234 e. The minimum absolute atomic E-state index is 0.120. The molecule has 0 aliphatic carbocycles. The lowest BCUT2D eigenvalue weighted by molar-refractivity contribution is -0.133. The van der Waals surface area contributed by atoms with E-state index in [1.807, 2.05) is 29.2 Å². The standard InChI is InChI=1S/C18H24ClN3O2/c19-15-5-2-1-4-13(15)12-17(23)21-10-7-14(8-11-21)22-9-3-6-16(22)18(20)24/h1-2,4-5,14,16H,3,6-12H2,(H2,20,24). The van der Waals surface area contributed by atoms with Crippen LogP contribution in [0.5, 0.6) is 0 Å². The molecule has 2 saturated heterocycles. The highest BCUT2D eigenvalue weighted by molar-refractivity contribution is 6.31. The number of carbonyl (C=O) groups is 2. The topological polar surface area (TPSA) is 66.6 Å². The van der Waals surface area contributed by atoms with Crippen LogP contribution in [0.1, 0.15) is 31.2 Å². The van der Waals surface area contributed by atoms with Crippen LogP contribution in [0.3, 0.4) is 0 Å². The number of carbonyl (C=O) groups excluding carboxylic acids is 2. The van der Waals surface area contributed by atoms with Crippen molar-refractivity contribution in [3.8, 4) is 0 Å². The van der Waals surface area contributed by atoms with E-state index >= 15 is 0 Å². The molecule has 24 heavy (non-hydrogen) atoms. The number of nitrogens with zero attached hydrogens (tertiary/aromatic N) is 2. The molecule has 1 atom stereocenters. The van der Waals surface area contributed by atoms with E-state index in [1.54, 1.807) is 0 Å². The predicted octanol–water partition coefficient (Wildman–Crippen LogP) is 1.82. The Balaban J connectivity index is 1.54. The zero-order valence-electron chi connectivity index (χ0n) is 13.8. The van der Waals surface area contributed by atoms with Crippen LogP contribution in [-0.4, -0.2) is 53.3 Å². The van der Waals surface area contributed by atoms with E-state index < -0.39 is 0 Å². The van der Waals surface area contributed by atoms with E-state index in [4.69, 9.17) is 17.3 Å². The van der Waals surface area contributed by atoms with Crippen LogP contribution in [0.25, 0.3) is 0 Å². The zero-order chi connectivity index (χ0) is 17.1. The Hall–Kier alpha value is -1.59. The van der Waals surface area contributed by atoms with Crippen LogP contribution in [-0.2, 0) is 16.0 Å². The van der Waals surface area contributed by atoms with Gasteiger partial charge in [0.15, 0.2) is 0 Å². The van der Waals surface area contributed by atoms with E-state index in [0.717, 1.165) is 50.9 Å². The maximum Gasteiger partial charge on any atom is 0.234 e. The number of primary amides is 1. The van der Waals surface area contributed by atoms with Gasteiger partial charge < -0.3 is 10.6 Å². The van der Waals surface area contributed by atoms with Crippen LogP contribution in [0.15, 0.2) is 24.3 Å². The maximum atomic E-state index is 12.5. The number of rotatable bonds is 4. The third kappa shape index (κ3) is 3.73. The number of amides is 2. The first-order chi connectivity index (χ1) is 11.6. The van der Waals surface area contributed by atoms with Crippen molar-refractivity contribution in [3.05, 3.63) is 34.9 Å². The van der Waals surface area contributed by atoms with Crippen LogP contribution >= 0.6 is 11.6 Å². The summed E-state index contributed by atoms with van der Waals surface area (Å²) in [7, 11) is 0. The summed E-state index contributed by atoms with van der Waals surface area (Å²) in [5.74, 6) is -0.0980. The van der Waals surface area contributed by atoms with Crippen LogP contribution in [0.4, 0.5) is 0 Å². The Morgan fingerprint density at radius 3 is 2.50 bits per heavy atom. The van der Waals surface area contributed by atoms with Crippen molar-refractivity contribution in [2.75, 3.05) is 19.6 Å². The summed E-state index contributed by atoms with van der Waals surface area (Å²) in [4.78, 5) is 28.2. The van der Waals surface area contributed by atoms with Crippen molar-refractivity contribution in [3.63, 3.8) is 0 Å². The molecule has 5 nitrogen and oxygen atoms in total. The Morgan fingerprint density at radius 2 is 1.83 bits per heavy atom. The molecular weight excluding hydrogens is 326 g/mol. The fourth-order valence-electron chi connectivity index (χ4n) is 3.90. The first-order valence-electron chi connectivity index (χ1n) is 8.62. The fraction of sp³-hybridized carbons (Fsp3) is 0.556. The lowest BCUT2D eigenvalue weighted by atomic mass is 10.0. The molecule has 2 aliphatic heterocycles. The molecule has 2 heterocycles. The lowest BCUT2D eigenvalue weighted by Gasteiger charge is -2.38. The molecule has 1 aromatic carbocycles. The van der Waals surface area contributed by atoms with Crippen molar-refractivity contribution in [1.29, 1.82) is 0 Å². The summed E-state index contributed by atoms with van der Waals surface area (Å²) in [6, 6.07) is 7.71. The monoisotopic (exact) mass is 349 g/mol. The maximum absolute atomic E-state index is 12.5. The van der Waals surface area contributed by atoms with Crippen LogP contribution in [0, 0.1) is 0 Å². The Labute approximate surface area is 147 Å². The van der Waals surface area contributed by atoms with Gasteiger partial charge in [-0.05, 0) is 43.9 Å². The highest BCUT2D eigenvalue weighted by Gasteiger charge is 2.36. The van der Waals surface area contributed by atoms with Gasteiger partial charge in [0.25, 0.3) is 0 Å². The molecule has 2 aliphatic rings. The van der Waals surface area contributed by atoms with Gasteiger partial charge in [0, 0.05) is 24.2 Å². The molecule has 0 saturated carbocycles. The predicted molar refractivity (Wildman–Crippen MR) is 93.7 cm³/mol. The third-order valence-electron chi connectivity index (χ3n) is 5.21. The van der Waals surface area contributed by atoms with Crippen molar-refractivity contribution < 1.29 is 9.59 Å². The van der Waals surface area contributed by atoms with E-state index in [-0.39, 0.29) is 17.9 Å². The minimum Gasteiger partial charge on any atom is -0.368 e. The second-order valence-electron chi connectivity index (χ2n) is 6.68. The van der Waals surface area contributed by atoms with Crippen LogP contribution < -0.4 is 5.73 Å². The molecule has 3 rings (SSSR count). The van der Waals surface area contributed by atoms with Crippen LogP contribution in [0.2, 0.25) is 5.02 Å². The van der Waals surface area contributed by atoms with Gasteiger partial charge in [0.1, 0.15) is 0 Å². The van der Waals surface area contributed by atoms with Gasteiger partial charge in [-0.1, -0.05) is 29.8 Å². The van der Waals surface area contributed by atoms with Gasteiger partial charge in [-0.2, -0.15) is 0 Å².